The van der Waals surface area contributed by atoms with Crippen molar-refractivity contribution in [3.8, 4) is 0 Å². The van der Waals surface area contributed by atoms with Crippen LogP contribution in [0.25, 0.3) is 12.2 Å². The van der Waals surface area contributed by atoms with Crippen molar-refractivity contribution in [1.29, 1.82) is 0 Å². The highest BCUT2D eigenvalue weighted by Crippen LogP contribution is 2.22. The highest BCUT2D eigenvalue weighted by molar-refractivity contribution is 6.35. The van der Waals surface area contributed by atoms with Gasteiger partial charge in [0.25, 0.3) is 5.56 Å². The lowest BCUT2D eigenvalue weighted by molar-refractivity contribution is 0.00695. The summed E-state index contributed by atoms with van der Waals surface area (Å²) in [5.74, 6) is -0.374. The van der Waals surface area contributed by atoms with E-state index >= 15 is 0 Å². The van der Waals surface area contributed by atoms with Crippen LogP contribution in [-0.4, -0.2) is 16.1 Å². The lowest BCUT2D eigenvalue weighted by Gasteiger charge is -2.19. The minimum atomic E-state index is -0.557. The molecule has 0 fully saturated rings. The van der Waals surface area contributed by atoms with E-state index in [-0.39, 0.29) is 16.6 Å². The van der Waals surface area contributed by atoms with Crippen molar-refractivity contribution in [2.75, 3.05) is 5.73 Å². The normalized spacial score (nSPS) is 11.7. The van der Waals surface area contributed by atoms with Crippen LogP contribution in [-0.2, 0) is 17.7 Å². The molecule has 3 rings (SSSR count). The number of aryl methyl sites for hydroxylation is 1. The first-order chi connectivity index (χ1) is 15.5. The van der Waals surface area contributed by atoms with Crippen molar-refractivity contribution >= 4 is 47.0 Å². The number of esters is 1. The number of ether oxygens (including phenoxy) is 1. The summed E-state index contributed by atoms with van der Waals surface area (Å²) in [6, 6.07) is 16.0. The summed E-state index contributed by atoms with van der Waals surface area (Å²) in [6.07, 6.45) is 4.17. The third-order valence-electron chi connectivity index (χ3n) is 4.80. The number of carbonyl (C=O) groups excluding carboxylic acids is 1. The Bertz CT molecular complexity index is 1240. The van der Waals surface area contributed by atoms with Crippen LogP contribution in [0.1, 0.15) is 48.0 Å². The summed E-state index contributed by atoms with van der Waals surface area (Å²) in [5, 5.41) is 0.432. The van der Waals surface area contributed by atoms with Crippen LogP contribution in [0, 0.1) is 0 Å². The quantitative estimate of drug-likeness (QED) is 0.338. The topological polar surface area (TPSA) is 74.3 Å². The molecule has 7 heteroatoms. The molecule has 33 heavy (non-hydrogen) atoms. The van der Waals surface area contributed by atoms with Gasteiger partial charge < -0.3 is 15.0 Å². The Hall–Kier alpha value is -3.02. The number of nitrogens with two attached hydrogens (primary N) is 1. The molecule has 0 atom stereocenters. The van der Waals surface area contributed by atoms with Gasteiger partial charge in [0.1, 0.15) is 10.6 Å². The van der Waals surface area contributed by atoms with Crippen molar-refractivity contribution in [2.45, 2.75) is 39.3 Å². The van der Waals surface area contributed by atoms with E-state index in [2.05, 4.69) is 0 Å². The summed E-state index contributed by atoms with van der Waals surface area (Å²) in [6.45, 7) is 5.84. The van der Waals surface area contributed by atoms with E-state index < -0.39 is 5.60 Å². The van der Waals surface area contributed by atoms with Crippen molar-refractivity contribution in [2.24, 2.45) is 0 Å². The van der Waals surface area contributed by atoms with Gasteiger partial charge in [-0.15, -0.1) is 0 Å². The standard InChI is InChI=1S/C26H26Cl2N2O3/c1-26(2,3)33-25(32)19-10-7-17(8-11-19)13-14-30-23(21(27)16-22(28)24(30)31)12-9-18-5-4-6-20(29)15-18/h4-12,15-16H,13-14,29H2,1-3H3/b12-9+. The second-order valence-electron chi connectivity index (χ2n) is 8.63. The van der Waals surface area contributed by atoms with Gasteiger partial charge in [-0.2, -0.15) is 0 Å². The predicted octanol–water partition coefficient (Wildman–Crippen LogP) is 6.11. The molecule has 0 spiro atoms. The Balaban J connectivity index is 1.82. The minimum Gasteiger partial charge on any atom is -0.456 e. The molecule has 0 unspecified atom stereocenters. The molecule has 172 valence electrons. The number of nitrogens with zero attached hydrogens (tertiary/aromatic N) is 1. The van der Waals surface area contributed by atoms with Crippen LogP contribution in [0.2, 0.25) is 10.0 Å². The monoisotopic (exact) mass is 484 g/mol. The zero-order valence-corrected chi connectivity index (χ0v) is 20.3. The zero-order chi connectivity index (χ0) is 24.2. The van der Waals surface area contributed by atoms with E-state index in [4.69, 9.17) is 33.7 Å². The van der Waals surface area contributed by atoms with E-state index in [0.29, 0.717) is 34.9 Å². The largest absolute Gasteiger partial charge is 0.456 e. The first-order valence-electron chi connectivity index (χ1n) is 10.5. The van der Waals surface area contributed by atoms with E-state index in [1.54, 1.807) is 28.8 Å². The van der Waals surface area contributed by atoms with Crippen LogP contribution in [0.3, 0.4) is 0 Å². The van der Waals surface area contributed by atoms with Crippen molar-refractivity contribution < 1.29 is 9.53 Å². The third-order valence-corrected chi connectivity index (χ3v) is 5.37. The number of anilines is 1. The third kappa shape index (κ3) is 6.73. The molecule has 0 aliphatic heterocycles. The molecule has 0 aliphatic rings. The molecule has 3 aromatic rings. The fourth-order valence-corrected chi connectivity index (χ4v) is 3.77. The highest BCUT2D eigenvalue weighted by Gasteiger charge is 2.17. The van der Waals surface area contributed by atoms with Gasteiger partial charge in [0.05, 0.1) is 16.3 Å². The summed E-state index contributed by atoms with van der Waals surface area (Å²) >= 11 is 12.5. The number of nitrogen functional groups attached to an aromatic ring is 1. The molecule has 0 aliphatic carbocycles. The molecule has 0 saturated carbocycles. The van der Waals surface area contributed by atoms with Gasteiger partial charge in [-0.25, -0.2) is 4.79 Å². The van der Waals surface area contributed by atoms with Crippen molar-refractivity contribution in [1.82, 2.24) is 4.57 Å². The predicted molar refractivity (Wildman–Crippen MR) is 136 cm³/mol. The maximum Gasteiger partial charge on any atom is 0.338 e. The lowest BCUT2D eigenvalue weighted by atomic mass is 10.1. The van der Waals surface area contributed by atoms with E-state index in [1.165, 1.54) is 6.07 Å². The molecule has 2 N–H and O–H groups in total. The molecule has 2 aromatic carbocycles. The number of carbonyl (C=O) groups is 1. The average Bonchev–Trinajstić information content (AvgIpc) is 2.73. The molecule has 0 saturated heterocycles. The lowest BCUT2D eigenvalue weighted by Crippen LogP contribution is -2.24. The number of aromatic nitrogens is 1. The molecule has 0 bridgehead atoms. The number of pyridine rings is 1. The van der Waals surface area contributed by atoms with Gasteiger partial charge in [-0.05, 0) is 74.7 Å². The van der Waals surface area contributed by atoms with E-state index in [1.807, 2.05) is 57.2 Å². The van der Waals surface area contributed by atoms with Gasteiger partial charge in [-0.3, -0.25) is 4.79 Å². The fraction of sp³-hybridized carbons (Fsp3) is 0.231. The minimum absolute atomic E-state index is 0.0568. The molecular formula is C26H26Cl2N2O3. The maximum atomic E-state index is 12.8. The van der Waals surface area contributed by atoms with E-state index in [9.17, 15) is 9.59 Å². The van der Waals surface area contributed by atoms with Gasteiger partial charge >= 0.3 is 5.97 Å². The summed E-state index contributed by atoms with van der Waals surface area (Å²) < 4.78 is 6.94. The van der Waals surface area contributed by atoms with E-state index in [0.717, 1.165) is 11.1 Å². The Kier molecular flexibility index (Phi) is 7.67. The number of hydrogen-bond donors (Lipinski definition) is 1. The number of halogens is 2. The maximum absolute atomic E-state index is 12.8. The van der Waals surface area contributed by atoms with Crippen LogP contribution in [0.4, 0.5) is 5.69 Å². The Morgan fingerprint density at radius 3 is 2.36 bits per heavy atom. The number of rotatable bonds is 6. The first-order valence-corrected chi connectivity index (χ1v) is 11.2. The summed E-state index contributed by atoms with van der Waals surface area (Å²) in [5.41, 5.74) is 8.48. The summed E-state index contributed by atoms with van der Waals surface area (Å²) in [4.78, 5) is 25.0. The SMILES string of the molecule is CC(C)(C)OC(=O)c1ccc(CCn2c(/C=C/c3cccc(N)c3)c(Cl)cc(Cl)c2=O)cc1. The second-order valence-corrected chi connectivity index (χ2v) is 9.45. The van der Waals surface area contributed by atoms with Crippen molar-refractivity contribution in [3.05, 3.63) is 97.4 Å². The molecule has 1 heterocycles. The van der Waals surface area contributed by atoms with Crippen molar-refractivity contribution in [3.63, 3.8) is 0 Å². The molecule has 5 nitrogen and oxygen atoms in total. The van der Waals surface area contributed by atoms with Gasteiger partial charge in [0.2, 0.25) is 0 Å². The van der Waals surface area contributed by atoms with Crippen LogP contribution in [0.5, 0.6) is 0 Å². The highest BCUT2D eigenvalue weighted by atomic mass is 35.5. The molecule has 1 aromatic heterocycles. The van der Waals surface area contributed by atoms with Crippen LogP contribution in [0.15, 0.2) is 59.4 Å². The van der Waals surface area contributed by atoms with Crippen LogP contribution >= 0.6 is 23.2 Å². The fourth-order valence-electron chi connectivity index (χ4n) is 3.23. The summed E-state index contributed by atoms with van der Waals surface area (Å²) in [7, 11) is 0. The Morgan fingerprint density at radius 1 is 1.03 bits per heavy atom. The number of hydrogen-bond acceptors (Lipinski definition) is 4. The zero-order valence-electron chi connectivity index (χ0n) is 18.8. The number of benzene rings is 2. The Labute approximate surface area is 203 Å². The second kappa shape index (κ2) is 10.3. The Morgan fingerprint density at radius 2 is 1.73 bits per heavy atom. The van der Waals surface area contributed by atoms with Gasteiger partial charge in [0.15, 0.2) is 0 Å². The smallest absolute Gasteiger partial charge is 0.338 e. The molecule has 0 radical (unpaired) electrons. The van der Waals surface area contributed by atoms with Crippen LogP contribution < -0.4 is 11.3 Å². The molecule has 0 amide bonds. The molecular weight excluding hydrogens is 459 g/mol. The first kappa shape index (κ1) is 24.6. The average molecular weight is 485 g/mol. The van der Waals surface area contributed by atoms with Gasteiger partial charge in [0, 0.05) is 12.2 Å². The van der Waals surface area contributed by atoms with Gasteiger partial charge in [-0.1, -0.05) is 53.5 Å².